The van der Waals surface area contributed by atoms with Crippen molar-refractivity contribution in [1.29, 1.82) is 0 Å². The van der Waals surface area contributed by atoms with E-state index in [2.05, 4.69) is 18.8 Å². The van der Waals surface area contributed by atoms with Crippen LogP contribution in [0.4, 0.5) is 0 Å². The molecule has 0 saturated carbocycles. The number of benzene rings is 2. The first kappa shape index (κ1) is 19.2. The fourth-order valence-electron chi connectivity index (χ4n) is 2.80. The molecule has 140 valence electrons. The maximum absolute atomic E-state index is 13.2. The monoisotopic (exact) mass is 382 g/mol. The van der Waals surface area contributed by atoms with E-state index in [0.29, 0.717) is 22.0 Å². The molecule has 1 atom stereocenters. The molecule has 0 radical (unpaired) electrons. The van der Waals surface area contributed by atoms with Crippen LogP contribution in [0.2, 0.25) is 0 Å². The van der Waals surface area contributed by atoms with Crippen molar-refractivity contribution in [3.05, 3.63) is 64.4 Å². The highest BCUT2D eigenvalue weighted by Crippen LogP contribution is 2.26. The molecular weight excluding hydrogens is 360 g/mol. The molecule has 0 amide bonds. The molecular formula is C21H22N2O3S. The Balaban J connectivity index is 2.18. The van der Waals surface area contributed by atoms with E-state index in [1.54, 1.807) is 23.6 Å². The van der Waals surface area contributed by atoms with Crippen LogP contribution in [0.5, 0.6) is 0 Å². The van der Waals surface area contributed by atoms with Crippen molar-refractivity contribution >= 4 is 28.6 Å². The fourth-order valence-corrected chi connectivity index (χ4v) is 3.75. The number of rotatable bonds is 5. The molecule has 27 heavy (non-hydrogen) atoms. The van der Waals surface area contributed by atoms with Crippen molar-refractivity contribution < 1.29 is 9.53 Å². The van der Waals surface area contributed by atoms with Gasteiger partial charge in [-0.05, 0) is 42.7 Å². The second kappa shape index (κ2) is 7.96. The molecule has 0 fully saturated rings. The maximum atomic E-state index is 13.2. The van der Waals surface area contributed by atoms with Crippen molar-refractivity contribution in [2.75, 3.05) is 7.11 Å². The summed E-state index contributed by atoms with van der Waals surface area (Å²) in [6.07, 6.45) is 0. The topological polar surface area (TPSA) is 61.2 Å². The Labute approximate surface area is 162 Å². The summed E-state index contributed by atoms with van der Waals surface area (Å²) in [6, 6.07) is 15.1. The molecule has 5 nitrogen and oxygen atoms in total. The van der Waals surface area contributed by atoms with Gasteiger partial charge in [-0.25, -0.2) is 4.98 Å². The van der Waals surface area contributed by atoms with Gasteiger partial charge in [0.2, 0.25) is 0 Å². The van der Waals surface area contributed by atoms with Crippen LogP contribution < -0.4 is 5.56 Å². The Morgan fingerprint density at radius 2 is 1.74 bits per heavy atom. The van der Waals surface area contributed by atoms with Crippen molar-refractivity contribution in [3.63, 3.8) is 0 Å². The normalized spacial score (nSPS) is 12.3. The highest BCUT2D eigenvalue weighted by molar-refractivity contribution is 8.00. The highest BCUT2D eigenvalue weighted by atomic mass is 32.2. The third kappa shape index (κ3) is 3.90. The van der Waals surface area contributed by atoms with Gasteiger partial charge in [-0.15, -0.1) is 0 Å². The lowest BCUT2D eigenvalue weighted by Crippen LogP contribution is -2.24. The second-order valence-corrected chi connectivity index (χ2v) is 7.89. The summed E-state index contributed by atoms with van der Waals surface area (Å²) in [6.45, 7) is 5.99. The van der Waals surface area contributed by atoms with E-state index in [1.165, 1.54) is 24.4 Å². The third-order valence-electron chi connectivity index (χ3n) is 4.38. The quantitative estimate of drug-likeness (QED) is 0.377. The van der Waals surface area contributed by atoms with Crippen LogP contribution in [0.15, 0.2) is 58.5 Å². The van der Waals surface area contributed by atoms with Crippen LogP contribution >= 0.6 is 11.8 Å². The number of carbonyl (C=O) groups excluding carboxylic acids is 1. The predicted octanol–water partition coefficient (Wildman–Crippen LogP) is 4.16. The molecule has 0 aliphatic heterocycles. The largest absolute Gasteiger partial charge is 0.468 e. The molecule has 1 heterocycles. The van der Waals surface area contributed by atoms with Gasteiger partial charge in [-0.3, -0.25) is 14.2 Å². The molecule has 0 spiro atoms. The van der Waals surface area contributed by atoms with Gasteiger partial charge in [0, 0.05) is 0 Å². The second-order valence-electron chi connectivity index (χ2n) is 6.58. The average molecular weight is 382 g/mol. The lowest BCUT2D eigenvalue weighted by atomic mass is 10.0. The number of methoxy groups -OCH3 is 1. The molecule has 3 aromatic rings. The molecule has 6 heteroatoms. The Morgan fingerprint density at radius 1 is 1.07 bits per heavy atom. The molecule has 0 N–H and O–H groups in total. The molecule has 0 unspecified atom stereocenters. The Morgan fingerprint density at radius 3 is 2.37 bits per heavy atom. The van der Waals surface area contributed by atoms with Gasteiger partial charge in [-0.1, -0.05) is 49.9 Å². The van der Waals surface area contributed by atoms with Gasteiger partial charge >= 0.3 is 5.97 Å². The lowest BCUT2D eigenvalue weighted by Gasteiger charge is -2.16. The van der Waals surface area contributed by atoms with Gasteiger partial charge in [0.1, 0.15) is 5.25 Å². The Kier molecular flexibility index (Phi) is 5.65. The van der Waals surface area contributed by atoms with Crippen LogP contribution in [-0.2, 0) is 9.53 Å². The number of carbonyl (C=O) groups is 1. The van der Waals surface area contributed by atoms with Crippen molar-refractivity contribution in [2.45, 2.75) is 37.1 Å². The van der Waals surface area contributed by atoms with Gasteiger partial charge in [-0.2, -0.15) is 0 Å². The summed E-state index contributed by atoms with van der Waals surface area (Å²) in [5.74, 6) is 0.0443. The van der Waals surface area contributed by atoms with E-state index in [-0.39, 0.29) is 11.5 Å². The van der Waals surface area contributed by atoms with Gasteiger partial charge in [0.25, 0.3) is 5.56 Å². The van der Waals surface area contributed by atoms with Crippen LogP contribution in [0.25, 0.3) is 16.6 Å². The standard InChI is InChI=1S/C21H22N2O3S/c1-13(2)15-9-11-16(12-10-15)23-19(24)17-7-5-6-8-18(17)22-21(23)27-14(3)20(25)26-4/h5-14H,1-4H3/t14-/m1/s1. The molecule has 2 aromatic carbocycles. The molecule has 0 aliphatic carbocycles. The highest BCUT2D eigenvalue weighted by Gasteiger charge is 2.20. The zero-order valence-electron chi connectivity index (χ0n) is 15.8. The summed E-state index contributed by atoms with van der Waals surface area (Å²) in [5, 5.41) is 0.527. The number of fused-ring (bicyclic) bond motifs is 1. The fraction of sp³-hybridized carbons (Fsp3) is 0.286. The first-order chi connectivity index (χ1) is 12.9. The summed E-state index contributed by atoms with van der Waals surface area (Å²) >= 11 is 1.21. The van der Waals surface area contributed by atoms with Crippen molar-refractivity contribution in [3.8, 4) is 5.69 Å². The average Bonchev–Trinajstić information content (AvgIpc) is 2.67. The Hall–Kier alpha value is -2.60. The number of nitrogens with zero attached hydrogens (tertiary/aromatic N) is 2. The molecule has 1 aromatic heterocycles. The number of para-hydroxylation sites is 1. The first-order valence-corrected chi connectivity index (χ1v) is 9.67. The minimum atomic E-state index is -0.482. The maximum Gasteiger partial charge on any atom is 0.318 e. The molecule has 0 bridgehead atoms. The van der Waals surface area contributed by atoms with Gasteiger partial charge in [0.15, 0.2) is 5.16 Å². The van der Waals surface area contributed by atoms with E-state index in [4.69, 9.17) is 4.74 Å². The van der Waals surface area contributed by atoms with E-state index in [0.717, 1.165) is 5.69 Å². The summed E-state index contributed by atoms with van der Waals surface area (Å²) in [7, 11) is 1.35. The summed E-state index contributed by atoms with van der Waals surface area (Å²) < 4.78 is 6.38. The minimum Gasteiger partial charge on any atom is -0.468 e. The zero-order valence-corrected chi connectivity index (χ0v) is 16.6. The summed E-state index contributed by atoms with van der Waals surface area (Å²) in [5.41, 5.74) is 2.37. The van der Waals surface area contributed by atoms with E-state index < -0.39 is 5.25 Å². The third-order valence-corrected chi connectivity index (χ3v) is 5.41. The van der Waals surface area contributed by atoms with Crippen LogP contribution in [0.1, 0.15) is 32.3 Å². The van der Waals surface area contributed by atoms with Crippen LogP contribution in [-0.4, -0.2) is 27.9 Å². The minimum absolute atomic E-state index is 0.155. The van der Waals surface area contributed by atoms with Crippen molar-refractivity contribution in [1.82, 2.24) is 9.55 Å². The van der Waals surface area contributed by atoms with E-state index >= 15 is 0 Å². The molecule has 3 rings (SSSR count). The number of hydrogen-bond acceptors (Lipinski definition) is 5. The molecule has 0 aliphatic rings. The van der Waals surface area contributed by atoms with Crippen LogP contribution in [0, 0.1) is 0 Å². The van der Waals surface area contributed by atoms with Crippen molar-refractivity contribution in [2.24, 2.45) is 0 Å². The SMILES string of the molecule is COC(=O)[C@@H](C)Sc1nc2ccccc2c(=O)n1-c1ccc(C(C)C)cc1. The zero-order chi connectivity index (χ0) is 19.6. The first-order valence-electron chi connectivity index (χ1n) is 8.79. The number of ether oxygens (including phenoxy) is 1. The number of aromatic nitrogens is 2. The summed E-state index contributed by atoms with van der Waals surface area (Å²) in [4.78, 5) is 29.7. The lowest BCUT2D eigenvalue weighted by molar-refractivity contribution is -0.139. The number of thioether (sulfide) groups is 1. The van der Waals surface area contributed by atoms with Gasteiger partial charge < -0.3 is 4.74 Å². The van der Waals surface area contributed by atoms with Crippen LogP contribution in [0.3, 0.4) is 0 Å². The van der Waals surface area contributed by atoms with Gasteiger partial charge in [0.05, 0.1) is 23.7 Å². The Bertz CT molecular complexity index is 1030. The van der Waals surface area contributed by atoms with E-state index in [1.807, 2.05) is 36.4 Å². The number of esters is 1. The van der Waals surface area contributed by atoms with E-state index in [9.17, 15) is 9.59 Å². The predicted molar refractivity (Wildman–Crippen MR) is 109 cm³/mol. The number of hydrogen-bond donors (Lipinski definition) is 0. The smallest absolute Gasteiger partial charge is 0.318 e. The molecule has 0 saturated heterocycles.